The predicted molar refractivity (Wildman–Crippen MR) is 122 cm³/mol. The van der Waals surface area contributed by atoms with Crippen molar-refractivity contribution in [3.8, 4) is 28.3 Å². The van der Waals surface area contributed by atoms with Crippen molar-refractivity contribution in [2.45, 2.75) is 19.3 Å². The third kappa shape index (κ3) is 2.26. The summed E-state index contributed by atoms with van der Waals surface area (Å²) in [6.45, 7) is 4.63. The van der Waals surface area contributed by atoms with Crippen molar-refractivity contribution in [2.75, 3.05) is 0 Å². The highest BCUT2D eigenvalue weighted by molar-refractivity contribution is 6.03. The monoisotopic (exact) mass is 387 g/mol. The Morgan fingerprint density at radius 1 is 0.733 bits per heavy atom. The predicted octanol–water partition coefficient (Wildman–Crippen LogP) is 6.39. The zero-order valence-electron chi connectivity index (χ0n) is 17.0. The lowest BCUT2D eigenvalue weighted by atomic mass is 9.85. The van der Waals surface area contributed by atoms with Crippen LogP contribution in [0.5, 0.6) is 0 Å². The van der Waals surface area contributed by atoms with Crippen molar-refractivity contribution in [3.63, 3.8) is 0 Å². The van der Waals surface area contributed by atoms with Gasteiger partial charge >= 0.3 is 0 Å². The highest BCUT2D eigenvalue weighted by Crippen LogP contribution is 2.53. The van der Waals surface area contributed by atoms with Crippen LogP contribution in [0.15, 0.2) is 91.1 Å². The minimum Gasteiger partial charge on any atom is -0.297 e. The molecule has 0 aliphatic heterocycles. The maximum atomic E-state index is 5.04. The molecule has 3 nitrogen and oxygen atoms in total. The quantitative estimate of drug-likeness (QED) is 0.351. The van der Waals surface area contributed by atoms with E-state index in [1.807, 2.05) is 30.5 Å². The Bertz CT molecular complexity index is 1410. The first-order chi connectivity index (χ1) is 14.7. The second-order valence-corrected chi connectivity index (χ2v) is 8.34. The number of nitrogens with zero attached hydrogens (tertiary/aromatic N) is 3. The molecule has 2 aromatic carbocycles. The van der Waals surface area contributed by atoms with E-state index in [9.17, 15) is 0 Å². The van der Waals surface area contributed by atoms with E-state index in [-0.39, 0.29) is 5.41 Å². The number of fused-ring (bicyclic) bond motifs is 5. The van der Waals surface area contributed by atoms with Gasteiger partial charge in [-0.3, -0.25) is 9.55 Å². The molecule has 0 saturated carbocycles. The van der Waals surface area contributed by atoms with E-state index in [4.69, 9.17) is 4.98 Å². The summed E-state index contributed by atoms with van der Waals surface area (Å²) >= 11 is 0. The van der Waals surface area contributed by atoms with E-state index in [0.717, 1.165) is 17.2 Å². The summed E-state index contributed by atoms with van der Waals surface area (Å²) in [6, 6.07) is 29.6. The summed E-state index contributed by atoms with van der Waals surface area (Å²) in [7, 11) is 0. The molecule has 6 rings (SSSR count). The molecule has 5 aromatic rings. The standard InChI is InChI=1S/C27H21N3/c1-27(2)20-12-5-3-10-18(20)25-19-11-4-6-15-23(19)30(26(25)27)24-16-9-14-22(29-24)21-13-7-8-17-28-21/h3-17H,1-2H3. The van der Waals surface area contributed by atoms with Crippen LogP contribution < -0.4 is 0 Å². The minimum atomic E-state index is -0.117. The van der Waals surface area contributed by atoms with E-state index in [1.165, 1.54) is 33.3 Å². The van der Waals surface area contributed by atoms with Gasteiger partial charge in [0.1, 0.15) is 5.82 Å². The first kappa shape index (κ1) is 17.2. The number of hydrogen-bond acceptors (Lipinski definition) is 2. The van der Waals surface area contributed by atoms with Gasteiger partial charge < -0.3 is 0 Å². The fourth-order valence-electron chi connectivity index (χ4n) is 4.92. The summed E-state index contributed by atoms with van der Waals surface area (Å²) in [5.41, 5.74) is 8.17. The first-order valence-corrected chi connectivity index (χ1v) is 10.3. The van der Waals surface area contributed by atoms with Crippen LogP contribution in [0.4, 0.5) is 0 Å². The van der Waals surface area contributed by atoms with Gasteiger partial charge in [0.15, 0.2) is 0 Å². The van der Waals surface area contributed by atoms with Gasteiger partial charge in [-0.2, -0.15) is 0 Å². The van der Waals surface area contributed by atoms with Crippen molar-refractivity contribution in [3.05, 3.63) is 102 Å². The van der Waals surface area contributed by atoms with Gasteiger partial charge in [-0.25, -0.2) is 4.98 Å². The average Bonchev–Trinajstić information content (AvgIpc) is 3.26. The van der Waals surface area contributed by atoms with Gasteiger partial charge in [0, 0.05) is 28.3 Å². The molecule has 1 aliphatic carbocycles. The second-order valence-electron chi connectivity index (χ2n) is 8.34. The van der Waals surface area contributed by atoms with Crippen molar-refractivity contribution in [2.24, 2.45) is 0 Å². The van der Waals surface area contributed by atoms with E-state index in [1.54, 1.807) is 0 Å². The molecular formula is C27H21N3. The molecule has 30 heavy (non-hydrogen) atoms. The number of rotatable bonds is 2. The van der Waals surface area contributed by atoms with Crippen molar-refractivity contribution < 1.29 is 0 Å². The van der Waals surface area contributed by atoms with Crippen molar-refractivity contribution in [1.82, 2.24) is 14.5 Å². The summed E-state index contributed by atoms with van der Waals surface area (Å²) < 4.78 is 2.34. The van der Waals surface area contributed by atoms with E-state index >= 15 is 0 Å². The van der Waals surface area contributed by atoms with Crippen LogP contribution in [0.1, 0.15) is 25.1 Å². The number of para-hydroxylation sites is 1. The molecule has 3 aromatic heterocycles. The Morgan fingerprint density at radius 3 is 2.37 bits per heavy atom. The van der Waals surface area contributed by atoms with Crippen LogP contribution in [0.3, 0.4) is 0 Å². The Hall–Kier alpha value is -3.72. The minimum absolute atomic E-state index is 0.117. The molecule has 0 atom stereocenters. The Labute approximate surface area is 175 Å². The molecule has 0 fully saturated rings. The third-order valence-electron chi connectivity index (χ3n) is 6.23. The second kappa shape index (κ2) is 6.14. The molecule has 0 amide bonds. The van der Waals surface area contributed by atoms with Gasteiger partial charge in [-0.1, -0.05) is 68.4 Å². The molecular weight excluding hydrogens is 366 g/mol. The van der Waals surface area contributed by atoms with E-state index < -0.39 is 0 Å². The van der Waals surface area contributed by atoms with Gasteiger partial charge in [0.05, 0.1) is 16.9 Å². The van der Waals surface area contributed by atoms with Gasteiger partial charge in [0.2, 0.25) is 0 Å². The fraction of sp³-hybridized carbons (Fsp3) is 0.111. The maximum absolute atomic E-state index is 5.04. The molecule has 144 valence electrons. The zero-order chi connectivity index (χ0) is 20.3. The number of hydrogen-bond donors (Lipinski definition) is 0. The van der Waals surface area contributed by atoms with Crippen LogP contribution in [0.25, 0.3) is 39.2 Å². The lowest BCUT2D eigenvalue weighted by Crippen LogP contribution is -2.20. The highest BCUT2D eigenvalue weighted by Gasteiger charge is 2.40. The smallest absolute Gasteiger partial charge is 0.138 e. The average molecular weight is 387 g/mol. The van der Waals surface area contributed by atoms with Gasteiger partial charge in [-0.15, -0.1) is 0 Å². The first-order valence-electron chi connectivity index (χ1n) is 10.3. The normalized spacial score (nSPS) is 13.9. The van der Waals surface area contributed by atoms with E-state index in [0.29, 0.717) is 0 Å². The van der Waals surface area contributed by atoms with Gasteiger partial charge in [0.25, 0.3) is 0 Å². The Morgan fingerprint density at radius 2 is 1.50 bits per heavy atom. The van der Waals surface area contributed by atoms with Crippen LogP contribution in [0.2, 0.25) is 0 Å². The molecule has 0 N–H and O–H groups in total. The number of aromatic nitrogens is 3. The summed E-state index contributed by atoms with van der Waals surface area (Å²) in [5, 5.41) is 1.27. The Balaban J connectivity index is 1.69. The molecule has 0 bridgehead atoms. The van der Waals surface area contributed by atoms with Crippen LogP contribution in [-0.2, 0) is 5.41 Å². The lowest BCUT2D eigenvalue weighted by molar-refractivity contribution is 0.621. The molecule has 0 radical (unpaired) electrons. The number of pyridine rings is 2. The summed E-state index contributed by atoms with van der Waals surface area (Å²) in [6.07, 6.45) is 1.81. The van der Waals surface area contributed by atoms with Crippen molar-refractivity contribution >= 4 is 10.9 Å². The molecule has 3 heteroatoms. The number of benzene rings is 2. The molecule has 0 unspecified atom stereocenters. The van der Waals surface area contributed by atoms with Crippen molar-refractivity contribution in [1.29, 1.82) is 0 Å². The fourth-order valence-corrected chi connectivity index (χ4v) is 4.92. The van der Waals surface area contributed by atoms with Crippen LogP contribution in [-0.4, -0.2) is 14.5 Å². The topological polar surface area (TPSA) is 30.7 Å². The molecule has 3 heterocycles. The van der Waals surface area contributed by atoms with Crippen LogP contribution >= 0.6 is 0 Å². The molecule has 0 spiro atoms. The third-order valence-corrected chi connectivity index (χ3v) is 6.23. The van der Waals surface area contributed by atoms with E-state index in [2.05, 4.69) is 84.1 Å². The molecule has 1 aliphatic rings. The molecule has 0 saturated heterocycles. The zero-order valence-corrected chi connectivity index (χ0v) is 17.0. The van der Waals surface area contributed by atoms with Gasteiger partial charge in [-0.05, 0) is 41.5 Å². The lowest BCUT2D eigenvalue weighted by Gasteiger charge is -2.24. The summed E-state index contributed by atoms with van der Waals surface area (Å²) in [4.78, 5) is 9.54. The largest absolute Gasteiger partial charge is 0.297 e. The SMILES string of the molecule is CC1(C)c2ccccc2-c2c1n(-c1cccc(-c3ccccn3)n1)c1ccccc21. The summed E-state index contributed by atoms with van der Waals surface area (Å²) in [5.74, 6) is 0.927. The highest BCUT2D eigenvalue weighted by atomic mass is 15.1. The van der Waals surface area contributed by atoms with Crippen LogP contribution in [0, 0.1) is 0 Å². The maximum Gasteiger partial charge on any atom is 0.138 e. The Kier molecular flexibility index (Phi) is 3.51.